The number of piperidine rings is 1. The zero-order valence-electron chi connectivity index (χ0n) is 23.3. The largest absolute Gasteiger partial charge is 0.492 e. The van der Waals surface area contributed by atoms with Gasteiger partial charge >= 0.3 is 6.01 Å². The van der Waals surface area contributed by atoms with Gasteiger partial charge in [-0.05, 0) is 63.3 Å². The minimum absolute atomic E-state index is 0.155. The van der Waals surface area contributed by atoms with Gasteiger partial charge in [0.15, 0.2) is 5.82 Å². The van der Waals surface area contributed by atoms with Crippen LogP contribution >= 0.6 is 0 Å². The highest BCUT2D eigenvalue weighted by Crippen LogP contribution is 2.30. The van der Waals surface area contributed by atoms with E-state index in [0.29, 0.717) is 36.4 Å². The molecule has 2 saturated heterocycles. The number of carbonyl (C=O) groups is 1. The highest BCUT2D eigenvalue weighted by molar-refractivity contribution is 5.92. The summed E-state index contributed by atoms with van der Waals surface area (Å²) >= 11 is 0. The first-order chi connectivity index (χ1) is 18.3. The first-order valence-electron chi connectivity index (χ1n) is 13.5. The van der Waals surface area contributed by atoms with Crippen molar-refractivity contribution in [2.45, 2.75) is 58.5 Å². The van der Waals surface area contributed by atoms with Crippen molar-refractivity contribution >= 4 is 11.7 Å². The summed E-state index contributed by atoms with van der Waals surface area (Å²) in [7, 11) is 1.56. The highest BCUT2D eigenvalue weighted by Gasteiger charge is 2.30. The molecule has 2 aliphatic rings. The molecule has 0 unspecified atom stereocenters. The Bertz CT molecular complexity index is 1110. The lowest BCUT2D eigenvalue weighted by molar-refractivity contribution is -0.133. The van der Waals surface area contributed by atoms with Crippen molar-refractivity contribution in [3.05, 3.63) is 48.3 Å². The zero-order valence-corrected chi connectivity index (χ0v) is 23.3. The Labute approximate surface area is 225 Å². The molecule has 0 saturated carbocycles. The average Bonchev–Trinajstić information content (AvgIpc) is 3.28. The SMILES string of the molecule is C=C/C(=N\n1c(C)nnc1OC)N1CCC(c2ccc(OCCN3[C@H](C)CN(C(C)=O)C[C@@H]3C)cc2)CC1. The second-order valence-corrected chi connectivity index (χ2v) is 10.2. The van der Waals surface area contributed by atoms with E-state index >= 15 is 0 Å². The molecule has 38 heavy (non-hydrogen) atoms. The topological polar surface area (TPSA) is 88.3 Å². The van der Waals surface area contributed by atoms with Gasteiger partial charge in [0.1, 0.15) is 18.2 Å². The second-order valence-electron chi connectivity index (χ2n) is 10.2. The number of nitrogens with zero attached hydrogens (tertiary/aromatic N) is 7. The van der Waals surface area contributed by atoms with E-state index < -0.39 is 0 Å². The van der Waals surface area contributed by atoms with Crippen LogP contribution in [0.3, 0.4) is 0 Å². The molecule has 3 heterocycles. The smallest absolute Gasteiger partial charge is 0.338 e. The zero-order chi connectivity index (χ0) is 27.2. The molecule has 2 aromatic rings. The summed E-state index contributed by atoms with van der Waals surface area (Å²) in [5, 5.41) is 12.7. The van der Waals surface area contributed by atoms with Gasteiger partial charge in [-0.1, -0.05) is 23.8 Å². The summed E-state index contributed by atoms with van der Waals surface area (Å²) < 4.78 is 13.0. The van der Waals surface area contributed by atoms with Crippen molar-refractivity contribution in [1.82, 2.24) is 29.6 Å². The molecule has 0 N–H and O–H groups in total. The molecule has 0 radical (unpaired) electrons. The van der Waals surface area contributed by atoms with Gasteiger partial charge in [0.2, 0.25) is 5.91 Å². The number of benzene rings is 1. The number of rotatable bonds is 8. The first-order valence-corrected chi connectivity index (χ1v) is 13.5. The van der Waals surface area contributed by atoms with Gasteiger partial charge in [-0.2, -0.15) is 4.68 Å². The van der Waals surface area contributed by atoms with Crippen LogP contribution in [0.15, 0.2) is 42.0 Å². The van der Waals surface area contributed by atoms with Crippen LogP contribution in [-0.4, -0.2) is 99.8 Å². The van der Waals surface area contributed by atoms with Gasteiger partial charge in [-0.15, -0.1) is 10.2 Å². The Balaban J connectivity index is 1.26. The molecule has 2 fully saturated rings. The average molecular weight is 524 g/mol. The Morgan fingerprint density at radius 3 is 2.34 bits per heavy atom. The Morgan fingerprint density at radius 2 is 1.76 bits per heavy atom. The molecule has 4 rings (SSSR count). The summed E-state index contributed by atoms with van der Waals surface area (Å²) in [4.78, 5) is 18.4. The number of amidine groups is 1. The molecule has 1 aromatic carbocycles. The molecule has 0 spiro atoms. The summed E-state index contributed by atoms with van der Waals surface area (Å²) in [6.07, 6.45) is 3.84. The van der Waals surface area contributed by atoms with Gasteiger partial charge in [0, 0.05) is 51.7 Å². The number of hydrogen-bond donors (Lipinski definition) is 0. The maximum atomic E-state index is 11.8. The number of aromatic nitrogens is 3. The fraction of sp³-hybridized carbons (Fsp3) is 0.571. The third-order valence-corrected chi connectivity index (χ3v) is 7.67. The number of likely N-dealkylation sites (tertiary alicyclic amines) is 1. The minimum Gasteiger partial charge on any atom is -0.492 e. The summed E-state index contributed by atoms with van der Waals surface area (Å²) in [5.74, 6) is 3.00. The Morgan fingerprint density at radius 1 is 1.11 bits per heavy atom. The Hall–Kier alpha value is -3.40. The van der Waals surface area contributed by atoms with Crippen molar-refractivity contribution in [1.29, 1.82) is 0 Å². The third kappa shape index (κ3) is 6.35. The fourth-order valence-corrected chi connectivity index (χ4v) is 5.52. The van der Waals surface area contributed by atoms with Gasteiger partial charge in [-0.25, -0.2) is 0 Å². The normalized spacial score (nSPS) is 21.4. The Kier molecular flexibility index (Phi) is 9.04. The van der Waals surface area contributed by atoms with Gasteiger partial charge in [-0.3, -0.25) is 9.69 Å². The number of amides is 1. The van der Waals surface area contributed by atoms with E-state index in [1.165, 1.54) is 5.56 Å². The van der Waals surface area contributed by atoms with Gasteiger partial charge < -0.3 is 19.3 Å². The van der Waals surface area contributed by atoms with Crippen LogP contribution in [0.4, 0.5) is 0 Å². The molecule has 2 atom stereocenters. The van der Waals surface area contributed by atoms with Crippen molar-refractivity contribution < 1.29 is 14.3 Å². The van der Waals surface area contributed by atoms with Crippen molar-refractivity contribution in [2.75, 3.05) is 46.4 Å². The molecule has 1 amide bonds. The minimum atomic E-state index is 0.155. The predicted octanol–water partition coefficient (Wildman–Crippen LogP) is 3.14. The highest BCUT2D eigenvalue weighted by atomic mass is 16.5. The lowest BCUT2D eigenvalue weighted by Crippen LogP contribution is -2.58. The predicted molar refractivity (Wildman–Crippen MR) is 148 cm³/mol. The molecule has 10 heteroatoms. The van der Waals surface area contributed by atoms with Crippen LogP contribution in [0.2, 0.25) is 0 Å². The second kappa shape index (κ2) is 12.4. The summed E-state index contributed by atoms with van der Waals surface area (Å²) in [6.45, 7) is 16.6. The van der Waals surface area contributed by atoms with Crippen molar-refractivity contribution in [3.63, 3.8) is 0 Å². The van der Waals surface area contributed by atoms with E-state index in [2.05, 4.69) is 69.8 Å². The van der Waals surface area contributed by atoms with E-state index in [1.54, 1.807) is 24.8 Å². The standard InChI is InChI=1S/C28H41N7O3/c1-7-27(31-35-22(4)29-30-28(35)37-6)32-14-12-25(13-15-32)24-8-10-26(11-9-24)38-17-16-34-20(2)18-33(23(5)36)19-21(34)3/h7-11,20-21,25H,1,12-19H2,2-6H3/b31-27+/t20-,21+. The van der Waals surface area contributed by atoms with Crippen LogP contribution in [0.1, 0.15) is 50.9 Å². The van der Waals surface area contributed by atoms with Crippen molar-refractivity contribution in [2.24, 2.45) is 5.10 Å². The number of methoxy groups -OCH3 is 1. The maximum absolute atomic E-state index is 11.8. The molecule has 0 aliphatic carbocycles. The first kappa shape index (κ1) is 27.6. The van der Waals surface area contributed by atoms with Crippen LogP contribution in [0, 0.1) is 6.92 Å². The molecular formula is C28H41N7O3. The number of ether oxygens (including phenoxy) is 2. The van der Waals surface area contributed by atoms with Crippen LogP contribution < -0.4 is 9.47 Å². The lowest BCUT2D eigenvalue weighted by atomic mass is 9.89. The summed E-state index contributed by atoms with van der Waals surface area (Å²) in [6, 6.07) is 9.57. The van der Waals surface area contributed by atoms with Gasteiger partial charge in [0.05, 0.1) is 7.11 Å². The maximum Gasteiger partial charge on any atom is 0.338 e. The van der Waals surface area contributed by atoms with E-state index in [4.69, 9.17) is 9.47 Å². The number of piperazine rings is 1. The number of carbonyl (C=O) groups excluding carboxylic acids is 1. The molecule has 2 aliphatic heterocycles. The monoisotopic (exact) mass is 523 g/mol. The molecule has 10 nitrogen and oxygen atoms in total. The van der Waals surface area contributed by atoms with Crippen molar-refractivity contribution in [3.8, 4) is 11.8 Å². The number of hydrogen-bond acceptors (Lipinski definition) is 7. The van der Waals surface area contributed by atoms with E-state index in [9.17, 15) is 4.79 Å². The van der Waals surface area contributed by atoms with Crippen LogP contribution in [0.5, 0.6) is 11.8 Å². The molecule has 206 valence electrons. The summed E-state index contributed by atoms with van der Waals surface area (Å²) in [5.41, 5.74) is 1.34. The van der Waals surface area contributed by atoms with Crippen LogP contribution in [-0.2, 0) is 4.79 Å². The van der Waals surface area contributed by atoms with E-state index in [0.717, 1.165) is 57.2 Å². The fourth-order valence-electron chi connectivity index (χ4n) is 5.52. The molecule has 0 bridgehead atoms. The third-order valence-electron chi connectivity index (χ3n) is 7.67. The number of aryl methyl sites for hydroxylation is 1. The lowest BCUT2D eigenvalue weighted by Gasteiger charge is -2.44. The van der Waals surface area contributed by atoms with E-state index in [-0.39, 0.29) is 5.91 Å². The quantitative estimate of drug-likeness (QED) is 0.388. The molecule has 1 aromatic heterocycles. The van der Waals surface area contributed by atoms with E-state index in [1.807, 2.05) is 11.8 Å². The molecular weight excluding hydrogens is 482 g/mol. The van der Waals surface area contributed by atoms with Crippen LogP contribution in [0.25, 0.3) is 0 Å². The van der Waals surface area contributed by atoms with Gasteiger partial charge in [0.25, 0.3) is 0 Å².